The molecule has 0 aromatic heterocycles. The number of benzene rings is 2. The number of hydrogen-bond acceptors (Lipinski definition) is 6. The summed E-state index contributed by atoms with van der Waals surface area (Å²) in [5.74, 6) is 0.680. The highest BCUT2D eigenvalue weighted by molar-refractivity contribution is 7.89. The van der Waals surface area contributed by atoms with Gasteiger partial charge in [-0.1, -0.05) is 17.7 Å². The number of ether oxygens (including phenoxy) is 2. The predicted molar refractivity (Wildman–Crippen MR) is 92.2 cm³/mol. The number of hydrogen-bond donors (Lipinski definition) is 1. The molecule has 0 aliphatic carbocycles. The van der Waals surface area contributed by atoms with Gasteiger partial charge in [0, 0.05) is 11.8 Å². The summed E-state index contributed by atoms with van der Waals surface area (Å²) < 4.78 is 37.2. The van der Waals surface area contributed by atoms with Crippen LogP contribution in [0.1, 0.15) is 6.42 Å². The van der Waals surface area contributed by atoms with Crippen molar-refractivity contribution < 1.29 is 27.5 Å². The molecular weight excluding hydrogens is 370 g/mol. The molecule has 0 aliphatic rings. The Bertz CT molecular complexity index is 912. The summed E-state index contributed by atoms with van der Waals surface area (Å²) in [5.41, 5.74) is 0. The Kier molecular flexibility index (Phi) is 5.99. The van der Waals surface area contributed by atoms with Gasteiger partial charge < -0.3 is 9.47 Å². The van der Waals surface area contributed by atoms with E-state index in [4.69, 9.17) is 21.1 Å². The van der Waals surface area contributed by atoms with Gasteiger partial charge in [0.15, 0.2) is 11.5 Å². The second-order valence-corrected chi connectivity index (χ2v) is 7.04. The molecule has 0 bridgehead atoms. The predicted octanol–water partition coefficient (Wildman–Crippen LogP) is 1.77. The van der Waals surface area contributed by atoms with Gasteiger partial charge in [-0.3, -0.25) is 9.59 Å². The number of carbonyl (C=O) groups excluding carboxylic acids is 2. The Labute approximate surface area is 149 Å². The van der Waals surface area contributed by atoms with Gasteiger partial charge in [-0.15, -0.1) is 0 Å². The van der Waals surface area contributed by atoms with Crippen LogP contribution in [0.4, 0.5) is 0 Å². The molecule has 0 saturated carbocycles. The highest BCUT2D eigenvalue weighted by Gasteiger charge is 2.22. The maximum absolute atomic E-state index is 12.4. The molecular formula is C16H14ClNO6S. The minimum atomic E-state index is -4.04. The molecule has 9 heteroatoms. The normalized spacial score (nSPS) is 12.6. The molecule has 2 rings (SSSR count). The highest BCUT2D eigenvalue weighted by Crippen LogP contribution is 2.41. The van der Waals surface area contributed by atoms with Crippen molar-refractivity contribution in [3.05, 3.63) is 29.3 Å². The van der Waals surface area contributed by atoms with Gasteiger partial charge >= 0.3 is 0 Å². The quantitative estimate of drug-likeness (QED) is 0.745. The van der Waals surface area contributed by atoms with Gasteiger partial charge in [0.2, 0.25) is 22.6 Å². The van der Waals surface area contributed by atoms with Gasteiger partial charge in [-0.05, 0) is 23.6 Å². The molecule has 1 N–H and O–H groups in total. The van der Waals surface area contributed by atoms with Crippen LogP contribution in [0.5, 0.6) is 11.5 Å². The van der Waals surface area contributed by atoms with Crippen LogP contribution in [0.25, 0.3) is 10.8 Å². The number of fused-ring (bicyclic) bond motifs is 1. The molecule has 7 nitrogen and oxygen atoms in total. The molecule has 0 aliphatic heterocycles. The van der Waals surface area contributed by atoms with Crippen LogP contribution in [0, 0.1) is 0 Å². The van der Waals surface area contributed by atoms with E-state index in [0.29, 0.717) is 22.3 Å². The maximum Gasteiger partial charge on any atom is 0.241 e. The average molecular weight is 384 g/mol. The third-order valence-corrected chi connectivity index (χ3v) is 5.28. The van der Waals surface area contributed by atoms with E-state index in [2.05, 4.69) is 4.72 Å². The summed E-state index contributed by atoms with van der Waals surface area (Å²) in [6.45, 7) is 0. The Morgan fingerprint density at radius 2 is 1.92 bits per heavy atom. The zero-order chi connectivity index (χ0) is 18.6. The standard InChI is InChI=1S/C16H14ClNO6S/c1-23-14-8-10-7-12(3-4-13(10)15(17)16(14)24-2)25(21,22)18-11(9-20)5-6-19/h3-4,7-8,11,18H,5H2,1-2H3/t11-/m0/s1. The first-order valence-electron chi connectivity index (χ1n) is 6.97. The lowest BCUT2D eigenvalue weighted by atomic mass is 10.1. The first-order valence-corrected chi connectivity index (χ1v) is 8.83. The fourth-order valence-electron chi connectivity index (χ4n) is 2.25. The lowest BCUT2D eigenvalue weighted by Gasteiger charge is -2.14. The van der Waals surface area contributed by atoms with Gasteiger partial charge in [-0.2, -0.15) is 4.72 Å². The first-order chi connectivity index (χ1) is 11.9. The fourth-order valence-corrected chi connectivity index (χ4v) is 3.77. The van der Waals surface area contributed by atoms with E-state index in [-0.39, 0.29) is 9.92 Å². The van der Waals surface area contributed by atoms with Crippen LogP contribution >= 0.6 is 11.6 Å². The Morgan fingerprint density at radius 3 is 2.48 bits per heavy atom. The average Bonchev–Trinajstić information content (AvgIpc) is 2.60. The van der Waals surface area contributed by atoms with E-state index in [1.165, 1.54) is 45.0 Å². The van der Waals surface area contributed by atoms with Crippen molar-refractivity contribution in [2.45, 2.75) is 17.4 Å². The maximum atomic E-state index is 12.4. The Morgan fingerprint density at radius 1 is 1.20 bits per heavy atom. The largest absolute Gasteiger partial charge is 0.493 e. The molecule has 0 fully saturated rings. The van der Waals surface area contributed by atoms with Crippen molar-refractivity contribution in [2.75, 3.05) is 14.2 Å². The van der Waals surface area contributed by atoms with E-state index >= 15 is 0 Å². The number of rotatable bonds is 8. The van der Waals surface area contributed by atoms with Gasteiger partial charge in [0.05, 0.1) is 30.2 Å². The van der Waals surface area contributed by atoms with E-state index < -0.39 is 22.5 Å². The number of halogens is 1. The number of methoxy groups -OCH3 is 2. The third kappa shape index (κ3) is 3.92. The molecule has 0 unspecified atom stereocenters. The van der Waals surface area contributed by atoms with Crippen LogP contribution in [0.2, 0.25) is 5.02 Å². The van der Waals surface area contributed by atoms with Crippen molar-refractivity contribution >= 4 is 45.0 Å². The smallest absolute Gasteiger partial charge is 0.241 e. The lowest BCUT2D eigenvalue weighted by Crippen LogP contribution is -2.36. The van der Waals surface area contributed by atoms with Crippen LogP contribution in [-0.2, 0) is 19.6 Å². The monoisotopic (exact) mass is 383 g/mol. The minimum Gasteiger partial charge on any atom is -0.493 e. The van der Waals surface area contributed by atoms with Gasteiger partial charge in [-0.25, -0.2) is 8.42 Å². The zero-order valence-corrected chi connectivity index (χ0v) is 14.9. The molecule has 0 saturated heterocycles. The molecule has 132 valence electrons. The molecule has 0 heterocycles. The summed E-state index contributed by atoms with van der Waals surface area (Å²) in [7, 11) is -1.16. The summed E-state index contributed by atoms with van der Waals surface area (Å²) in [6.07, 6.45) is 2.49. The molecule has 2 radical (unpaired) electrons. The van der Waals surface area contributed by atoms with E-state index in [1.54, 1.807) is 6.07 Å². The van der Waals surface area contributed by atoms with Crippen molar-refractivity contribution in [1.29, 1.82) is 0 Å². The van der Waals surface area contributed by atoms with Crippen molar-refractivity contribution in [3.63, 3.8) is 0 Å². The first kappa shape index (κ1) is 19.2. The minimum absolute atomic E-state index is 0.102. The number of nitrogens with one attached hydrogen (secondary N) is 1. The van der Waals surface area contributed by atoms with E-state index in [1.807, 2.05) is 0 Å². The van der Waals surface area contributed by atoms with Crippen LogP contribution in [0.3, 0.4) is 0 Å². The van der Waals surface area contributed by atoms with Gasteiger partial charge in [0.25, 0.3) is 0 Å². The third-order valence-electron chi connectivity index (χ3n) is 3.43. The molecule has 0 amide bonds. The second-order valence-electron chi connectivity index (χ2n) is 4.95. The Balaban J connectivity index is 2.53. The van der Waals surface area contributed by atoms with Crippen molar-refractivity contribution in [2.24, 2.45) is 0 Å². The number of sulfonamides is 1. The van der Waals surface area contributed by atoms with E-state index in [0.717, 1.165) is 0 Å². The summed E-state index contributed by atoms with van der Waals surface area (Å²) in [4.78, 5) is 21.0. The van der Waals surface area contributed by atoms with E-state index in [9.17, 15) is 18.0 Å². The molecule has 2 aromatic carbocycles. The lowest BCUT2D eigenvalue weighted by molar-refractivity contribution is 0.356. The zero-order valence-electron chi connectivity index (χ0n) is 13.3. The van der Waals surface area contributed by atoms with Crippen LogP contribution in [0.15, 0.2) is 29.2 Å². The topological polar surface area (TPSA) is 98.8 Å². The summed E-state index contributed by atoms with van der Waals surface area (Å²) in [6, 6.07) is 4.50. The van der Waals surface area contributed by atoms with Gasteiger partial charge in [0.1, 0.15) is 0 Å². The molecule has 2 aromatic rings. The second kappa shape index (κ2) is 7.81. The summed E-state index contributed by atoms with van der Waals surface area (Å²) >= 11 is 6.28. The van der Waals surface area contributed by atoms with Crippen molar-refractivity contribution in [3.8, 4) is 11.5 Å². The molecule has 1 atom stereocenters. The highest BCUT2D eigenvalue weighted by atomic mass is 35.5. The molecule has 0 spiro atoms. The SMILES string of the molecule is COc1cc2cc(S(=O)(=O)N[C@H]([C]=O)C[C]=O)ccc2c(Cl)c1OC. The van der Waals surface area contributed by atoms with Crippen LogP contribution in [-0.4, -0.2) is 41.3 Å². The summed E-state index contributed by atoms with van der Waals surface area (Å²) in [5, 5.41) is 1.35. The van der Waals surface area contributed by atoms with Crippen LogP contribution < -0.4 is 14.2 Å². The van der Waals surface area contributed by atoms with Crippen molar-refractivity contribution in [1.82, 2.24) is 4.72 Å². The fraction of sp³-hybridized carbons (Fsp3) is 0.250. The Hall–Kier alpha value is -2.16. The molecule has 25 heavy (non-hydrogen) atoms.